The van der Waals surface area contributed by atoms with Crippen molar-refractivity contribution in [3.63, 3.8) is 0 Å². The predicted molar refractivity (Wildman–Crippen MR) is 67.1 cm³/mol. The molecule has 1 unspecified atom stereocenters. The van der Waals surface area contributed by atoms with E-state index in [2.05, 4.69) is 34.0 Å². The SMILES string of the molecule is C#CCCCC(NC)c1cc(C)nn1CC. The number of terminal acetylenes is 1. The maximum Gasteiger partial charge on any atom is 0.0597 e. The van der Waals surface area contributed by atoms with Crippen molar-refractivity contribution < 1.29 is 0 Å². The molecule has 0 saturated heterocycles. The molecule has 88 valence electrons. The van der Waals surface area contributed by atoms with Crippen LogP contribution in [0.3, 0.4) is 0 Å². The molecule has 0 aliphatic rings. The van der Waals surface area contributed by atoms with Crippen LogP contribution in [0.2, 0.25) is 0 Å². The summed E-state index contributed by atoms with van der Waals surface area (Å²) in [6.45, 7) is 5.06. The highest BCUT2D eigenvalue weighted by atomic mass is 15.3. The molecule has 0 spiro atoms. The minimum atomic E-state index is 0.356. The first-order valence-corrected chi connectivity index (χ1v) is 5.88. The molecule has 1 heterocycles. The standard InChI is InChI=1S/C13H21N3/c1-5-7-8-9-12(14-4)13-10-11(3)15-16(13)6-2/h1,10,12,14H,6-9H2,2-4H3. The van der Waals surface area contributed by atoms with Gasteiger partial charge in [0.25, 0.3) is 0 Å². The summed E-state index contributed by atoms with van der Waals surface area (Å²) in [5.41, 5.74) is 2.34. The van der Waals surface area contributed by atoms with Gasteiger partial charge >= 0.3 is 0 Å². The Hall–Kier alpha value is -1.27. The average Bonchev–Trinajstić information content (AvgIpc) is 2.66. The third kappa shape index (κ3) is 3.11. The number of nitrogens with one attached hydrogen (secondary N) is 1. The quantitative estimate of drug-likeness (QED) is 0.587. The van der Waals surface area contributed by atoms with Crippen LogP contribution in [0.15, 0.2) is 6.07 Å². The number of nitrogens with zero attached hydrogens (tertiary/aromatic N) is 2. The van der Waals surface area contributed by atoms with Gasteiger partial charge in [0.05, 0.1) is 11.4 Å². The number of unbranched alkanes of at least 4 members (excludes halogenated alkanes) is 1. The number of hydrogen-bond donors (Lipinski definition) is 1. The molecule has 0 bridgehead atoms. The number of hydrogen-bond acceptors (Lipinski definition) is 2. The largest absolute Gasteiger partial charge is 0.312 e. The summed E-state index contributed by atoms with van der Waals surface area (Å²) >= 11 is 0. The van der Waals surface area contributed by atoms with Crippen molar-refractivity contribution in [3.05, 3.63) is 17.5 Å². The van der Waals surface area contributed by atoms with Crippen molar-refractivity contribution in [2.24, 2.45) is 0 Å². The van der Waals surface area contributed by atoms with Gasteiger partial charge in [0, 0.05) is 19.0 Å². The molecular formula is C13H21N3. The molecule has 0 aromatic carbocycles. The summed E-state index contributed by atoms with van der Waals surface area (Å²) in [7, 11) is 1.99. The molecule has 1 N–H and O–H groups in total. The fourth-order valence-corrected chi connectivity index (χ4v) is 1.95. The van der Waals surface area contributed by atoms with E-state index in [1.165, 1.54) is 5.69 Å². The third-order valence-electron chi connectivity index (χ3n) is 2.75. The molecule has 16 heavy (non-hydrogen) atoms. The minimum Gasteiger partial charge on any atom is -0.312 e. The first-order valence-electron chi connectivity index (χ1n) is 5.88. The molecule has 3 nitrogen and oxygen atoms in total. The van der Waals surface area contributed by atoms with Crippen LogP contribution in [0.1, 0.15) is 43.6 Å². The van der Waals surface area contributed by atoms with E-state index in [1.807, 2.05) is 14.0 Å². The van der Waals surface area contributed by atoms with Crippen LogP contribution in [-0.4, -0.2) is 16.8 Å². The second-order valence-corrected chi connectivity index (χ2v) is 3.96. The lowest BCUT2D eigenvalue weighted by molar-refractivity contribution is 0.478. The first-order chi connectivity index (χ1) is 7.72. The predicted octanol–water partition coefficient (Wildman–Crippen LogP) is 2.28. The summed E-state index contributed by atoms with van der Waals surface area (Å²) in [4.78, 5) is 0. The topological polar surface area (TPSA) is 29.9 Å². The van der Waals surface area contributed by atoms with Crippen molar-refractivity contribution in [1.29, 1.82) is 0 Å². The number of aryl methyl sites for hydroxylation is 2. The summed E-state index contributed by atoms with van der Waals surface area (Å²) in [6.07, 6.45) is 8.22. The molecule has 0 radical (unpaired) electrons. The van der Waals surface area contributed by atoms with Crippen LogP contribution < -0.4 is 5.32 Å². The summed E-state index contributed by atoms with van der Waals surface area (Å²) in [5, 5.41) is 7.80. The highest BCUT2D eigenvalue weighted by molar-refractivity contribution is 5.13. The van der Waals surface area contributed by atoms with E-state index >= 15 is 0 Å². The molecule has 0 aliphatic carbocycles. The van der Waals surface area contributed by atoms with E-state index in [1.54, 1.807) is 0 Å². The Labute approximate surface area is 98.2 Å². The fraction of sp³-hybridized carbons (Fsp3) is 0.615. The third-order valence-corrected chi connectivity index (χ3v) is 2.75. The van der Waals surface area contributed by atoms with Crippen molar-refractivity contribution >= 4 is 0 Å². The van der Waals surface area contributed by atoms with Crippen LogP contribution in [-0.2, 0) is 6.54 Å². The van der Waals surface area contributed by atoms with E-state index in [0.29, 0.717) is 6.04 Å². The summed E-state index contributed by atoms with van der Waals surface area (Å²) in [5.74, 6) is 2.68. The van der Waals surface area contributed by atoms with E-state index < -0.39 is 0 Å². The molecule has 0 fully saturated rings. The summed E-state index contributed by atoms with van der Waals surface area (Å²) < 4.78 is 2.06. The minimum absolute atomic E-state index is 0.356. The van der Waals surface area contributed by atoms with Gasteiger partial charge in [-0.1, -0.05) is 0 Å². The van der Waals surface area contributed by atoms with E-state index in [4.69, 9.17) is 6.42 Å². The molecule has 0 saturated carbocycles. The van der Waals surface area contributed by atoms with Gasteiger partial charge in [-0.05, 0) is 39.8 Å². The van der Waals surface area contributed by atoms with Crippen molar-refractivity contribution in [2.75, 3.05) is 7.05 Å². The van der Waals surface area contributed by atoms with Crippen LogP contribution in [0, 0.1) is 19.3 Å². The van der Waals surface area contributed by atoms with Crippen LogP contribution in [0.5, 0.6) is 0 Å². The maximum absolute atomic E-state index is 5.27. The van der Waals surface area contributed by atoms with Gasteiger partial charge in [0.15, 0.2) is 0 Å². The van der Waals surface area contributed by atoms with Gasteiger partial charge in [-0.15, -0.1) is 12.3 Å². The number of rotatable bonds is 6. The molecule has 3 heteroatoms. The zero-order valence-corrected chi connectivity index (χ0v) is 10.5. The van der Waals surface area contributed by atoms with Gasteiger partial charge in [-0.3, -0.25) is 4.68 Å². The smallest absolute Gasteiger partial charge is 0.0597 e. The van der Waals surface area contributed by atoms with Crippen molar-refractivity contribution in [3.8, 4) is 12.3 Å². The second-order valence-electron chi connectivity index (χ2n) is 3.96. The fourth-order valence-electron chi connectivity index (χ4n) is 1.95. The maximum atomic E-state index is 5.27. The Bertz CT molecular complexity index is 360. The Morgan fingerprint density at radius 1 is 1.62 bits per heavy atom. The van der Waals surface area contributed by atoms with Gasteiger partial charge < -0.3 is 5.32 Å². The normalized spacial score (nSPS) is 12.4. The molecule has 1 aromatic rings. The van der Waals surface area contributed by atoms with E-state index in [-0.39, 0.29) is 0 Å². The van der Waals surface area contributed by atoms with Gasteiger partial charge in [0.1, 0.15) is 0 Å². The molecule has 1 rings (SSSR count). The van der Waals surface area contributed by atoms with Crippen molar-refractivity contribution in [1.82, 2.24) is 15.1 Å². The van der Waals surface area contributed by atoms with Crippen LogP contribution in [0.25, 0.3) is 0 Å². The zero-order valence-electron chi connectivity index (χ0n) is 10.5. The lowest BCUT2D eigenvalue weighted by Crippen LogP contribution is -2.20. The monoisotopic (exact) mass is 219 g/mol. The van der Waals surface area contributed by atoms with E-state index in [0.717, 1.165) is 31.5 Å². The highest BCUT2D eigenvalue weighted by Crippen LogP contribution is 2.19. The molecule has 0 amide bonds. The Morgan fingerprint density at radius 3 is 2.94 bits per heavy atom. The second kappa shape index (κ2) is 6.34. The molecule has 1 aromatic heterocycles. The molecule has 1 atom stereocenters. The van der Waals surface area contributed by atoms with E-state index in [9.17, 15) is 0 Å². The average molecular weight is 219 g/mol. The van der Waals surface area contributed by atoms with Gasteiger partial charge in [0.2, 0.25) is 0 Å². The molecule has 0 aliphatic heterocycles. The van der Waals surface area contributed by atoms with Crippen LogP contribution >= 0.6 is 0 Å². The van der Waals surface area contributed by atoms with Gasteiger partial charge in [-0.2, -0.15) is 5.10 Å². The van der Waals surface area contributed by atoms with Crippen molar-refractivity contribution in [2.45, 2.75) is 45.7 Å². The van der Waals surface area contributed by atoms with Crippen LogP contribution in [0.4, 0.5) is 0 Å². The van der Waals surface area contributed by atoms with Gasteiger partial charge in [-0.25, -0.2) is 0 Å². The number of aromatic nitrogens is 2. The Morgan fingerprint density at radius 2 is 2.38 bits per heavy atom. The lowest BCUT2D eigenvalue weighted by Gasteiger charge is -2.16. The lowest BCUT2D eigenvalue weighted by atomic mass is 10.1. The first kappa shape index (κ1) is 12.8. The molecular weight excluding hydrogens is 198 g/mol. The Balaban J connectivity index is 2.74. The Kier molecular flexibility index (Phi) is 5.07. The summed E-state index contributed by atoms with van der Waals surface area (Å²) in [6, 6.07) is 2.51. The zero-order chi connectivity index (χ0) is 12.0. The highest BCUT2D eigenvalue weighted by Gasteiger charge is 2.14.